The SMILES string of the molecule is Cc1ccc(C(=O)[C@@H]2CCC(C3OCC(C)CO3)CO2)c(Cl)c1F. The lowest BCUT2D eigenvalue weighted by Gasteiger charge is -2.36. The van der Waals surface area contributed by atoms with Gasteiger partial charge in [0.05, 0.1) is 24.8 Å². The van der Waals surface area contributed by atoms with E-state index < -0.39 is 11.9 Å². The Bertz CT molecular complexity index is 605. The molecule has 0 aliphatic carbocycles. The third-order valence-corrected chi connectivity index (χ3v) is 4.99. The van der Waals surface area contributed by atoms with E-state index in [0.29, 0.717) is 37.7 Å². The lowest BCUT2D eigenvalue weighted by molar-refractivity contribution is -0.236. The summed E-state index contributed by atoms with van der Waals surface area (Å²) in [6.45, 7) is 5.44. The summed E-state index contributed by atoms with van der Waals surface area (Å²) in [6, 6.07) is 3.12. The Morgan fingerprint density at radius 3 is 2.50 bits per heavy atom. The zero-order valence-corrected chi connectivity index (χ0v) is 14.6. The first-order chi connectivity index (χ1) is 11.5. The summed E-state index contributed by atoms with van der Waals surface area (Å²) in [4.78, 5) is 12.6. The van der Waals surface area contributed by atoms with Gasteiger partial charge < -0.3 is 14.2 Å². The van der Waals surface area contributed by atoms with Crippen LogP contribution in [0.2, 0.25) is 5.02 Å². The number of ether oxygens (including phenoxy) is 3. The van der Waals surface area contributed by atoms with E-state index in [-0.39, 0.29) is 28.6 Å². The molecule has 0 spiro atoms. The van der Waals surface area contributed by atoms with E-state index in [4.69, 9.17) is 25.8 Å². The lowest BCUT2D eigenvalue weighted by atomic mass is 9.93. The zero-order valence-electron chi connectivity index (χ0n) is 13.9. The van der Waals surface area contributed by atoms with E-state index in [2.05, 4.69) is 6.92 Å². The van der Waals surface area contributed by atoms with Crippen LogP contribution in [-0.4, -0.2) is 38.0 Å². The van der Waals surface area contributed by atoms with E-state index in [0.717, 1.165) is 6.42 Å². The van der Waals surface area contributed by atoms with E-state index >= 15 is 0 Å². The van der Waals surface area contributed by atoms with Crippen molar-refractivity contribution < 1.29 is 23.4 Å². The Hall–Kier alpha value is -1.01. The zero-order chi connectivity index (χ0) is 17.3. The van der Waals surface area contributed by atoms with E-state index in [1.54, 1.807) is 19.1 Å². The van der Waals surface area contributed by atoms with Gasteiger partial charge in [-0.15, -0.1) is 0 Å². The minimum Gasteiger partial charge on any atom is -0.370 e. The number of rotatable bonds is 3. The molecule has 0 aromatic heterocycles. The maximum absolute atomic E-state index is 13.9. The van der Waals surface area contributed by atoms with Crippen molar-refractivity contribution in [1.82, 2.24) is 0 Å². The molecule has 0 N–H and O–H groups in total. The van der Waals surface area contributed by atoms with Gasteiger partial charge in [0.15, 0.2) is 12.1 Å². The molecule has 6 heteroatoms. The third kappa shape index (κ3) is 3.64. The van der Waals surface area contributed by atoms with Crippen LogP contribution >= 0.6 is 11.6 Å². The van der Waals surface area contributed by atoms with Crippen molar-refractivity contribution in [3.8, 4) is 0 Å². The Morgan fingerprint density at radius 1 is 1.17 bits per heavy atom. The van der Waals surface area contributed by atoms with Crippen molar-refractivity contribution in [3.63, 3.8) is 0 Å². The molecule has 0 radical (unpaired) electrons. The van der Waals surface area contributed by atoms with Crippen molar-refractivity contribution in [3.05, 3.63) is 34.1 Å². The lowest BCUT2D eigenvalue weighted by Crippen LogP contribution is -2.42. The topological polar surface area (TPSA) is 44.8 Å². The first-order valence-corrected chi connectivity index (χ1v) is 8.68. The molecule has 1 unspecified atom stereocenters. The van der Waals surface area contributed by atoms with E-state index in [1.807, 2.05) is 0 Å². The molecule has 24 heavy (non-hydrogen) atoms. The van der Waals surface area contributed by atoms with E-state index in [9.17, 15) is 9.18 Å². The van der Waals surface area contributed by atoms with Crippen LogP contribution in [0.3, 0.4) is 0 Å². The molecule has 4 nitrogen and oxygen atoms in total. The number of carbonyl (C=O) groups excluding carboxylic acids is 1. The number of ketones is 1. The Kier molecular flexibility index (Phi) is 5.55. The fraction of sp³-hybridized carbons (Fsp3) is 0.611. The molecule has 0 bridgehead atoms. The predicted molar refractivity (Wildman–Crippen MR) is 87.8 cm³/mol. The number of Topliss-reactive ketones (excluding diaryl/α,β-unsaturated/α-hetero) is 1. The summed E-state index contributed by atoms with van der Waals surface area (Å²) in [7, 11) is 0. The van der Waals surface area contributed by atoms with Crippen LogP contribution in [0, 0.1) is 24.6 Å². The van der Waals surface area contributed by atoms with Gasteiger partial charge in [-0.3, -0.25) is 4.79 Å². The van der Waals surface area contributed by atoms with E-state index in [1.165, 1.54) is 0 Å². The highest BCUT2D eigenvalue weighted by molar-refractivity contribution is 6.34. The van der Waals surface area contributed by atoms with Gasteiger partial charge in [0.25, 0.3) is 0 Å². The molecule has 132 valence electrons. The van der Waals surface area contributed by atoms with Gasteiger partial charge in [-0.1, -0.05) is 24.6 Å². The summed E-state index contributed by atoms with van der Waals surface area (Å²) in [6.07, 6.45) is 0.455. The minimum atomic E-state index is -0.594. The molecular weight excluding hydrogens is 335 g/mol. The number of hydrogen-bond acceptors (Lipinski definition) is 4. The summed E-state index contributed by atoms with van der Waals surface area (Å²) in [5.74, 6) is -0.295. The Balaban J connectivity index is 1.60. The predicted octanol–water partition coefficient (Wildman–Crippen LogP) is 3.77. The molecule has 2 fully saturated rings. The number of carbonyl (C=O) groups is 1. The maximum Gasteiger partial charge on any atom is 0.193 e. The number of hydrogen-bond donors (Lipinski definition) is 0. The quantitative estimate of drug-likeness (QED) is 0.773. The third-order valence-electron chi connectivity index (χ3n) is 4.62. The first-order valence-electron chi connectivity index (χ1n) is 8.31. The fourth-order valence-corrected chi connectivity index (χ4v) is 3.39. The average Bonchev–Trinajstić information content (AvgIpc) is 2.60. The molecule has 2 atom stereocenters. The molecule has 2 heterocycles. The number of halogens is 2. The highest BCUT2D eigenvalue weighted by Gasteiger charge is 2.35. The van der Waals surface area contributed by atoms with Crippen molar-refractivity contribution in [2.45, 2.75) is 39.1 Å². The van der Waals surface area contributed by atoms with Crippen LogP contribution in [0.25, 0.3) is 0 Å². The van der Waals surface area contributed by atoms with Crippen molar-refractivity contribution in [1.29, 1.82) is 0 Å². The summed E-state index contributed by atoms with van der Waals surface area (Å²) >= 11 is 5.99. The van der Waals surface area contributed by atoms with Gasteiger partial charge >= 0.3 is 0 Å². The van der Waals surface area contributed by atoms with Gasteiger partial charge in [0.2, 0.25) is 0 Å². The fourth-order valence-electron chi connectivity index (χ4n) is 3.09. The van der Waals surface area contributed by atoms with Gasteiger partial charge in [0, 0.05) is 17.4 Å². The van der Waals surface area contributed by atoms with Crippen LogP contribution in [-0.2, 0) is 14.2 Å². The molecule has 0 saturated carbocycles. The van der Waals surface area contributed by atoms with Gasteiger partial charge in [-0.05, 0) is 31.4 Å². The van der Waals surface area contributed by atoms with Gasteiger partial charge in [-0.2, -0.15) is 0 Å². The van der Waals surface area contributed by atoms with Crippen LogP contribution in [0.4, 0.5) is 4.39 Å². The van der Waals surface area contributed by atoms with Gasteiger partial charge in [0.1, 0.15) is 11.9 Å². The smallest absolute Gasteiger partial charge is 0.193 e. The number of benzene rings is 1. The molecule has 2 aliphatic heterocycles. The van der Waals surface area contributed by atoms with Crippen LogP contribution in [0.15, 0.2) is 12.1 Å². The molecule has 0 amide bonds. The highest BCUT2D eigenvalue weighted by Crippen LogP contribution is 2.30. The maximum atomic E-state index is 13.9. The standard InChI is InChI=1S/C18H22ClFO4/c1-10-7-23-18(24-8-10)12-4-6-14(22-9-12)17(21)13-5-3-11(2)16(20)15(13)19/h3,5,10,12,14,18H,4,6-9H2,1-2H3/t10?,12?,14-,18?/m0/s1. The largest absolute Gasteiger partial charge is 0.370 e. The summed E-state index contributed by atoms with van der Waals surface area (Å²) < 4.78 is 31.0. The minimum absolute atomic E-state index is 0.117. The molecule has 2 saturated heterocycles. The first kappa shape index (κ1) is 17.8. The number of aryl methyl sites for hydroxylation is 1. The van der Waals surface area contributed by atoms with Crippen molar-refractivity contribution in [2.75, 3.05) is 19.8 Å². The van der Waals surface area contributed by atoms with Crippen molar-refractivity contribution in [2.24, 2.45) is 11.8 Å². The average molecular weight is 357 g/mol. The van der Waals surface area contributed by atoms with Crippen LogP contribution in [0.1, 0.15) is 35.7 Å². The van der Waals surface area contributed by atoms with Crippen LogP contribution in [0.5, 0.6) is 0 Å². The van der Waals surface area contributed by atoms with Crippen LogP contribution < -0.4 is 0 Å². The highest BCUT2D eigenvalue weighted by atomic mass is 35.5. The molecule has 2 aliphatic rings. The second kappa shape index (κ2) is 7.48. The molecular formula is C18H22ClFO4. The second-order valence-electron chi connectivity index (χ2n) is 6.72. The van der Waals surface area contributed by atoms with Gasteiger partial charge in [-0.25, -0.2) is 4.39 Å². The molecule has 1 aromatic carbocycles. The second-order valence-corrected chi connectivity index (χ2v) is 7.10. The van der Waals surface area contributed by atoms with Crippen molar-refractivity contribution >= 4 is 17.4 Å². The molecule has 3 rings (SSSR count). The normalized spacial score (nSPS) is 31.0. The summed E-state index contributed by atoms with van der Waals surface area (Å²) in [5.41, 5.74) is 0.601. The molecule has 1 aromatic rings. The summed E-state index contributed by atoms with van der Waals surface area (Å²) in [5, 5.41) is -0.126. The monoisotopic (exact) mass is 356 g/mol. The Morgan fingerprint density at radius 2 is 1.88 bits per heavy atom. The Labute approximate surface area is 146 Å².